The van der Waals surface area contributed by atoms with Crippen molar-refractivity contribution in [1.82, 2.24) is 5.32 Å². The standard InChI is InChI=1S/C24H30N2O3/c1-16(2)15-25-24(28)21-10-6-7-11-22(21)26-23(27)17(3)29-20-13-12-18-8-4-5-9-19(18)14-20/h6-7,10-14,16-17H,4-5,8-9,15H2,1-3H3,(H,25,28)(H,26,27)/t17-/m0/s1. The number of amides is 2. The normalized spacial score (nSPS) is 14.1. The van der Waals surface area contributed by atoms with Crippen LogP contribution in [0.4, 0.5) is 5.69 Å². The van der Waals surface area contributed by atoms with Crippen LogP contribution in [-0.2, 0) is 17.6 Å². The van der Waals surface area contributed by atoms with Crippen LogP contribution in [0.3, 0.4) is 0 Å². The second-order valence-electron chi connectivity index (χ2n) is 8.04. The minimum absolute atomic E-state index is 0.196. The first-order valence-electron chi connectivity index (χ1n) is 10.4. The van der Waals surface area contributed by atoms with Gasteiger partial charge in [-0.25, -0.2) is 0 Å². The molecule has 0 radical (unpaired) electrons. The molecule has 2 amide bonds. The van der Waals surface area contributed by atoms with Crippen molar-refractivity contribution in [3.8, 4) is 5.75 Å². The van der Waals surface area contributed by atoms with E-state index in [0.717, 1.165) is 12.8 Å². The Morgan fingerprint density at radius 2 is 1.72 bits per heavy atom. The van der Waals surface area contributed by atoms with Crippen molar-refractivity contribution in [1.29, 1.82) is 0 Å². The third-order valence-electron chi connectivity index (χ3n) is 5.10. The van der Waals surface area contributed by atoms with Crippen molar-refractivity contribution in [3.63, 3.8) is 0 Å². The molecule has 0 saturated heterocycles. The number of carbonyl (C=O) groups is 2. The Labute approximate surface area is 172 Å². The van der Waals surface area contributed by atoms with Gasteiger partial charge in [0, 0.05) is 6.54 Å². The topological polar surface area (TPSA) is 67.4 Å². The van der Waals surface area contributed by atoms with Crippen LogP contribution in [0.2, 0.25) is 0 Å². The highest BCUT2D eigenvalue weighted by Gasteiger charge is 2.19. The van der Waals surface area contributed by atoms with Crippen molar-refractivity contribution in [2.45, 2.75) is 52.6 Å². The molecule has 2 aromatic carbocycles. The number of ether oxygens (including phenoxy) is 1. The lowest BCUT2D eigenvalue weighted by molar-refractivity contribution is -0.122. The molecule has 0 aromatic heterocycles. The predicted molar refractivity (Wildman–Crippen MR) is 115 cm³/mol. The van der Waals surface area contributed by atoms with Gasteiger partial charge in [-0.3, -0.25) is 9.59 Å². The lowest BCUT2D eigenvalue weighted by atomic mass is 9.92. The van der Waals surface area contributed by atoms with Crippen molar-refractivity contribution in [3.05, 3.63) is 59.2 Å². The average Bonchev–Trinajstić information content (AvgIpc) is 2.72. The molecule has 0 spiro atoms. The summed E-state index contributed by atoms with van der Waals surface area (Å²) in [6.45, 7) is 6.37. The van der Waals surface area contributed by atoms with Gasteiger partial charge >= 0.3 is 0 Å². The highest BCUT2D eigenvalue weighted by molar-refractivity contribution is 6.04. The minimum atomic E-state index is -0.677. The van der Waals surface area contributed by atoms with Crippen LogP contribution in [0.5, 0.6) is 5.75 Å². The van der Waals surface area contributed by atoms with Crippen molar-refractivity contribution >= 4 is 17.5 Å². The lowest BCUT2D eigenvalue weighted by Gasteiger charge is -2.19. The quantitative estimate of drug-likeness (QED) is 0.733. The molecular formula is C24H30N2O3. The number of aryl methyl sites for hydroxylation is 2. The number of rotatable bonds is 7. The summed E-state index contributed by atoms with van der Waals surface area (Å²) in [5.41, 5.74) is 3.62. The number of carbonyl (C=O) groups excluding carboxylic acids is 2. The summed E-state index contributed by atoms with van der Waals surface area (Å²) in [6.07, 6.45) is 3.93. The zero-order chi connectivity index (χ0) is 20.8. The van der Waals surface area contributed by atoms with Gasteiger partial charge in [0.25, 0.3) is 11.8 Å². The van der Waals surface area contributed by atoms with Gasteiger partial charge in [-0.1, -0.05) is 32.0 Å². The summed E-state index contributed by atoms with van der Waals surface area (Å²) in [5, 5.41) is 5.73. The first-order chi connectivity index (χ1) is 13.9. The number of fused-ring (bicyclic) bond motifs is 1. The Bertz CT molecular complexity index is 876. The molecule has 0 saturated carbocycles. The molecule has 0 unspecified atom stereocenters. The number of hydrogen-bond acceptors (Lipinski definition) is 3. The molecule has 2 aromatic rings. The number of hydrogen-bond donors (Lipinski definition) is 2. The van der Waals surface area contributed by atoms with Crippen molar-refractivity contribution < 1.29 is 14.3 Å². The fraction of sp³-hybridized carbons (Fsp3) is 0.417. The van der Waals surface area contributed by atoms with E-state index >= 15 is 0 Å². The Morgan fingerprint density at radius 1 is 1.00 bits per heavy atom. The molecule has 2 N–H and O–H groups in total. The van der Waals surface area contributed by atoms with E-state index in [0.29, 0.717) is 29.5 Å². The Morgan fingerprint density at radius 3 is 2.48 bits per heavy atom. The lowest BCUT2D eigenvalue weighted by Crippen LogP contribution is -2.32. The number of para-hydroxylation sites is 1. The van der Waals surface area contributed by atoms with Gasteiger partial charge in [-0.2, -0.15) is 0 Å². The van der Waals surface area contributed by atoms with E-state index < -0.39 is 6.10 Å². The van der Waals surface area contributed by atoms with Crippen LogP contribution < -0.4 is 15.4 Å². The first-order valence-corrected chi connectivity index (χ1v) is 10.4. The fourth-order valence-electron chi connectivity index (χ4n) is 3.46. The molecule has 5 heteroatoms. The van der Waals surface area contributed by atoms with Gasteiger partial charge in [0.05, 0.1) is 11.3 Å². The van der Waals surface area contributed by atoms with Gasteiger partial charge in [0.2, 0.25) is 0 Å². The molecule has 1 atom stereocenters. The largest absolute Gasteiger partial charge is 0.481 e. The molecule has 1 aliphatic rings. The smallest absolute Gasteiger partial charge is 0.265 e. The van der Waals surface area contributed by atoms with E-state index in [2.05, 4.69) is 16.7 Å². The van der Waals surface area contributed by atoms with Gasteiger partial charge < -0.3 is 15.4 Å². The SMILES string of the molecule is CC(C)CNC(=O)c1ccccc1NC(=O)[C@H](C)Oc1ccc2c(c1)CCCC2. The highest BCUT2D eigenvalue weighted by atomic mass is 16.5. The highest BCUT2D eigenvalue weighted by Crippen LogP contribution is 2.26. The molecule has 0 fully saturated rings. The molecule has 1 aliphatic carbocycles. The molecule has 0 heterocycles. The van der Waals surface area contributed by atoms with Crippen LogP contribution in [0.15, 0.2) is 42.5 Å². The summed E-state index contributed by atoms with van der Waals surface area (Å²) < 4.78 is 5.88. The summed E-state index contributed by atoms with van der Waals surface area (Å²) in [7, 11) is 0. The zero-order valence-corrected chi connectivity index (χ0v) is 17.5. The van der Waals surface area contributed by atoms with E-state index in [-0.39, 0.29) is 11.8 Å². The Kier molecular flexibility index (Phi) is 6.91. The van der Waals surface area contributed by atoms with Crippen LogP contribution in [-0.4, -0.2) is 24.5 Å². The maximum Gasteiger partial charge on any atom is 0.265 e. The van der Waals surface area contributed by atoms with Gasteiger partial charge in [0.1, 0.15) is 5.75 Å². The molecule has 3 rings (SSSR count). The maximum atomic E-state index is 12.7. The predicted octanol–water partition coefficient (Wildman–Crippen LogP) is 4.36. The van der Waals surface area contributed by atoms with E-state index in [1.807, 2.05) is 26.0 Å². The molecule has 0 aliphatic heterocycles. The Hall–Kier alpha value is -2.82. The van der Waals surface area contributed by atoms with Crippen LogP contribution in [0, 0.1) is 5.92 Å². The Balaban J connectivity index is 1.65. The second kappa shape index (κ2) is 9.59. The monoisotopic (exact) mass is 394 g/mol. The van der Waals surface area contributed by atoms with Crippen LogP contribution in [0.25, 0.3) is 0 Å². The average molecular weight is 395 g/mol. The van der Waals surface area contributed by atoms with Crippen LogP contribution in [0.1, 0.15) is 55.1 Å². The number of benzene rings is 2. The molecule has 154 valence electrons. The number of nitrogens with one attached hydrogen (secondary N) is 2. The van der Waals surface area contributed by atoms with Gasteiger partial charge in [-0.05, 0) is 73.9 Å². The molecular weight excluding hydrogens is 364 g/mol. The van der Waals surface area contributed by atoms with E-state index in [1.54, 1.807) is 31.2 Å². The molecule has 5 nitrogen and oxygen atoms in total. The fourth-order valence-corrected chi connectivity index (χ4v) is 3.46. The minimum Gasteiger partial charge on any atom is -0.481 e. The summed E-state index contributed by atoms with van der Waals surface area (Å²) in [4.78, 5) is 25.1. The van der Waals surface area contributed by atoms with Gasteiger partial charge in [0.15, 0.2) is 6.10 Å². The first kappa shape index (κ1) is 20.9. The van der Waals surface area contributed by atoms with Crippen molar-refractivity contribution in [2.24, 2.45) is 5.92 Å². The van der Waals surface area contributed by atoms with Gasteiger partial charge in [-0.15, -0.1) is 0 Å². The van der Waals surface area contributed by atoms with Crippen LogP contribution >= 0.6 is 0 Å². The third-order valence-corrected chi connectivity index (χ3v) is 5.10. The summed E-state index contributed by atoms with van der Waals surface area (Å²) in [6, 6.07) is 13.1. The summed E-state index contributed by atoms with van der Waals surface area (Å²) in [5.74, 6) is 0.576. The van der Waals surface area contributed by atoms with Crippen molar-refractivity contribution in [2.75, 3.05) is 11.9 Å². The summed E-state index contributed by atoms with van der Waals surface area (Å²) >= 11 is 0. The maximum absolute atomic E-state index is 12.7. The van der Waals surface area contributed by atoms with E-state index in [4.69, 9.17) is 4.74 Å². The molecule has 0 bridgehead atoms. The third kappa shape index (κ3) is 5.59. The van der Waals surface area contributed by atoms with E-state index in [9.17, 15) is 9.59 Å². The second-order valence-corrected chi connectivity index (χ2v) is 8.04. The number of anilines is 1. The van der Waals surface area contributed by atoms with E-state index in [1.165, 1.54) is 24.0 Å². The zero-order valence-electron chi connectivity index (χ0n) is 17.5. The molecule has 29 heavy (non-hydrogen) atoms.